The number of nitrogens with zero attached hydrogens (tertiary/aromatic N) is 2. The lowest BCUT2D eigenvalue weighted by Crippen LogP contribution is -1.93. The molecule has 0 atom stereocenters. The Morgan fingerprint density at radius 3 is 2.79 bits per heavy atom. The van der Waals surface area contributed by atoms with Gasteiger partial charge in [-0.2, -0.15) is 0 Å². The zero-order chi connectivity index (χ0) is 16.8. The summed E-state index contributed by atoms with van der Waals surface area (Å²) in [4.78, 5) is 8.88. The van der Waals surface area contributed by atoms with Crippen LogP contribution in [0, 0.1) is 6.92 Å². The van der Waals surface area contributed by atoms with Gasteiger partial charge in [0.1, 0.15) is 11.5 Å². The van der Waals surface area contributed by atoms with Gasteiger partial charge in [0.15, 0.2) is 5.58 Å². The lowest BCUT2D eigenvalue weighted by atomic mass is 10.1. The Kier molecular flexibility index (Phi) is 3.32. The van der Waals surface area contributed by atoms with E-state index >= 15 is 0 Å². The molecule has 0 fully saturated rings. The topological polar surface area (TPSA) is 68.4 Å². The van der Waals surface area contributed by atoms with Crippen LogP contribution in [0.15, 0.2) is 40.9 Å². The molecule has 2 aromatic heterocycles. The molecule has 0 unspecified atom stereocenters. The third kappa shape index (κ3) is 2.34. The Hall–Kier alpha value is -2.79. The first kappa shape index (κ1) is 14.8. The summed E-state index contributed by atoms with van der Waals surface area (Å²) >= 11 is 6.15. The predicted molar refractivity (Wildman–Crippen MR) is 92.7 cm³/mol. The minimum atomic E-state index is 0.0958. The number of furan rings is 1. The van der Waals surface area contributed by atoms with Crippen molar-refractivity contribution in [3.05, 3.63) is 47.1 Å². The monoisotopic (exact) mass is 340 g/mol. The van der Waals surface area contributed by atoms with E-state index in [1.807, 2.05) is 25.1 Å². The zero-order valence-electron chi connectivity index (χ0n) is 13.0. The van der Waals surface area contributed by atoms with Crippen LogP contribution in [0.25, 0.3) is 33.3 Å². The third-order valence-electron chi connectivity index (χ3n) is 3.80. The lowest BCUT2D eigenvalue weighted by Gasteiger charge is -2.06. The van der Waals surface area contributed by atoms with Crippen molar-refractivity contribution in [2.75, 3.05) is 7.11 Å². The summed E-state index contributed by atoms with van der Waals surface area (Å²) in [6.07, 6.45) is 1.57. The maximum atomic E-state index is 9.70. The maximum absolute atomic E-state index is 9.70. The van der Waals surface area contributed by atoms with Crippen LogP contribution in [0.3, 0.4) is 0 Å². The van der Waals surface area contributed by atoms with Gasteiger partial charge in [-0.25, -0.2) is 9.97 Å². The first-order valence-electron chi connectivity index (χ1n) is 7.29. The summed E-state index contributed by atoms with van der Waals surface area (Å²) in [7, 11) is 1.56. The van der Waals surface area contributed by atoms with Gasteiger partial charge in [-0.3, -0.25) is 0 Å². The van der Waals surface area contributed by atoms with Crippen molar-refractivity contribution in [1.82, 2.24) is 9.97 Å². The number of benzene rings is 2. The van der Waals surface area contributed by atoms with Crippen LogP contribution in [0.5, 0.6) is 11.6 Å². The largest absolute Gasteiger partial charge is 0.508 e. The number of hydrogen-bond donors (Lipinski definition) is 1. The van der Waals surface area contributed by atoms with Crippen LogP contribution in [-0.2, 0) is 0 Å². The summed E-state index contributed by atoms with van der Waals surface area (Å²) in [5, 5.41) is 10.8. The molecule has 4 rings (SSSR count). The minimum absolute atomic E-state index is 0.0958. The number of methoxy groups -OCH3 is 1. The van der Waals surface area contributed by atoms with Crippen molar-refractivity contribution in [2.24, 2.45) is 0 Å². The first-order chi connectivity index (χ1) is 11.5. The van der Waals surface area contributed by atoms with Gasteiger partial charge in [0, 0.05) is 17.0 Å². The number of phenolic OH excluding ortho intramolecular Hbond substituents is 1. The number of fused-ring (bicyclic) bond motifs is 2. The van der Waals surface area contributed by atoms with E-state index in [0.29, 0.717) is 27.8 Å². The van der Waals surface area contributed by atoms with Gasteiger partial charge in [0.05, 0.1) is 29.4 Å². The highest BCUT2D eigenvalue weighted by Crippen LogP contribution is 2.37. The molecule has 0 radical (unpaired) electrons. The number of phenols is 1. The number of halogens is 1. The molecule has 6 heteroatoms. The van der Waals surface area contributed by atoms with Crippen molar-refractivity contribution < 1.29 is 14.3 Å². The number of ether oxygens (including phenoxy) is 1. The summed E-state index contributed by atoms with van der Waals surface area (Å²) in [5.74, 6) is 1.17. The molecule has 0 saturated carbocycles. The second kappa shape index (κ2) is 5.39. The van der Waals surface area contributed by atoms with Crippen molar-refractivity contribution >= 4 is 33.6 Å². The SMILES string of the molecule is COc1cnc2c(-c3cc4cc(O)cc(Cl)c4o3)cc(C)cc2n1. The molecular formula is C18H13ClN2O3. The highest BCUT2D eigenvalue weighted by atomic mass is 35.5. The fourth-order valence-electron chi connectivity index (χ4n) is 2.76. The summed E-state index contributed by atoms with van der Waals surface area (Å²) < 4.78 is 11.1. The van der Waals surface area contributed by atoms with E-state index in [2.05, 4.69) is 9.97 Å². The average molecular weight is 341 g/mol. The molecule has 0 bridgehead atoms. The van der Waals surface area contributed by atoms with Gasteiger partial charge in [-0.1, -0.05) is 11.6 Å². The van der Waals surface area contributed by atoms with E-state index in [1.54, 1.807) is 19.4 Å². The molecule has 0 aliphatic heterocycles. The van der Waals surface area contributed by atoms with Crippen molar-refractivity contribution in [2.45, 2.75) is 6.92 Å². The van der Waals surface area contributed by atoms with Crippen LogP contribution < -0.4 is 4.74 Å². The fraction of sp³-hybridized carbons (Fsp3) is 0.111. The van der Waals surface area contributed by atoms with Crippen molar-refractivity contribution in [3.63, 3.8) is 0 Å². The van der Waals surface area contributed by atoms with Crippen molar-refractivity contribution in [1.29, 1.82) is 0 Å². The van der Waals surface area contributed by atoms with Gasteiger partial charge in [0.2, 0.25) is 5.88 Å². The molecule has 2 heterocycles. The Morgan fingerprint density at radius 2 is 2.00 bits per heavy atom. The van der Waals surface area contributed by atoms with Crippen LogP contribution >= 0.6 is 11.6 Å². The minimum Gasteiger partial charge on any atom is -0.508 e. The Morgan fingerprint density at radius 1 is 1.17 bits per heavy atom. The molecule has 0 spiro atoms. The third-order valence-corrected chi connectivity index (χ3v) is 4.08. The van der Waals surface area contributed by atoms with E-state index in [0.717, 1.165) is 22.0 Å². The molecule has 5 nitrogen and oxygen atoms in total. The highest BCUT2D eigenvalue weighted by molar-refractivity contribution is 6.35. The van der Waals surface area contributed by atoms with Crippen LogP contribution in [0.2, 0.25) is 5.02 Å². The van der Waals surface area contributed by atoms with E-state index in [1.165, 1.54) is 6.07 Å². The standard InChI is InChI=1S/C18H13ClN2O3/c1-9-3-12(17-14(4-9)21-16(23-2)8-20-17)15-6-10-5-11(22)7-13(19)18(10)24-15/h3-8,22H,1-2H3. The molecular weight excluding hydrogens is 328 g/mol. The second-order valence-corrected chi connectivity index (χ2v) is 5.96. The summed E-state index contributed by atoms with van der Waals surface area (Å²) in [5.41, 5.74) is 3.79. The van der Waals surface area contributed by atoms with E-state index in [4.69, 9.17) is 20.8 Å². The Labute approximate surface area is 142 Å². The van der Waals surface area contributed by atoms with Gasteiger partial charge in [0.25, 0.3) is 0 Å². The summed E-state index contributed by atoms with van der Waals surface area (Å²) in [6.45, 7) is 1.98. The molecule has 24 heavy (non-hydrogen) atoms. The summed E-state index contributed by atoms with van der Waals surface area (Å²) in [6, 6.07) is 8.82. The van der Waals surface area contributed by atoms with Gasteiger partial charge < -0.3 is 14.3 Å². The number of rotatable bonds is 2. The number of hydrogen-bond acceptors (Lipinski definition) is 5. The number of aromatic nitrogens is 2. The second-order valence-electron chi connectivity index (χ2n) is 5.55. The zero-order valence-corrected chi connectivity index (χ0v) is 13.8. The average Bonchev–Trinajstić information content (AvgIpc) is 2.97. The van der Waals surface area contributed by atoms with Crippen LogP contribution in [0.4, 0.5) is 0 Å². The van der Waals surface area contributed by atoms with Crippen LogP contribution in [0.1, 0.15) is 5.56 Å². The van der Waals surface area contributed by atoms with Gasteiger partial charge >= 0.3 is 0 Å². The van der Waals surface area contributed by atoms with E-state index in [-0.39, 0.29) is 5.75 Å². The first-order valence-corrected chi connectivity index (χ1v) is 7.67. The molecule has 0 aliphatic carbocycles. The lowest BCUT2D eigenvalue weighted by molar-refractivity contribution is 0.397. The van der Waals surface area contributed by atoms with Crippen LogP contribution in [-0.4, -0.2) is 22.2 Å². The maximum Gasteiger partial charge on any atom is 0.232 e. The normalized spacial score (nSPS) is 11.3. The van der Waals surface area contributed by atoms with E-state index in [9.17, 15) is 5.11 Å². The Bertz CT molecular complexity index is 1090. The molecule has 0 aliphatic rings. The molecule has 4 aromatic rings. The molecule has 0 amide bonds. The van der Waals surface area contributed by atoms with Gasteiger partial charge in [-0.15, -0.1) is 0 Å². The Balaban J connectivity index is 2.00. The number of aryl methyl sites for hydroxylation is 1. The molecule has 2 aromatic carbocycles. The highest BCUT2D eigenvalue weighted by Gasteiger charge is 2.15. The number of aromatic hydroxyl groups is 1. The van der Waals surface area contributed by atoms with E-state index < -0.39 is 0 Å². The quantitative estimate of drug-likeness (QED) is 0.572. The van der Waals surface area contributed by atoms with Crippen molar-refractivity contribution in [3.8, 4) is 23.0 Å². The molecule has 120 valence electrons. The van der Waals surface area contributed by atoms with Gasteiger partial charge in [-0.05, 0) is 36.8 Å². The predicted octanol–water partition coefficient (Wildman–Crippen LogP) is 4.72. The fourth-order valence-corrected chi connectivity index (χ4v) is 3.02. The molecule has 0 saturated heterocycles. The molecule has 1 N–H and O–H groups in total. The smallest absolute Gasteiger partial charge is 0.232 e.